The molecule has 4 rings (SSSR count). The van der Waals surface area contributed by atoms with E-state index in [9.17, 15) is 10.2 Å². The van der Waals surface area contributed by atoms with E-state index in [-0.39, 0.29) is 0 Å². The standard InChI is InChI=1S/C22H25N3O2/c1-2-24-11-13-25(14-12-24)21-17-8-4-3-7-16(17)15-20(23-21)18-9-5-6-10-19(18)22(26)27/h3-10,15,22,26-27H,2,11-14H2,1H3. The van der Waals surface area contributed by atoms with Gasteiger partial charge >= 0.3 is 0 Å². The number of fused-ring (bicyclic) bond motifs is 1. The summed E-state index contributed by atoms with van der Waals surface area (Å²) in [5.74, 6) is 0.973. The van der Waals surface area contributed by atoms with Gasteiger partial charge in [0.2, 0.25) is 0 Å². The van der Waals surface area contributed by atoms with Gasteiger partial charge in [0.05, 0.1) is 5.69 Å². The Bertz CT molecular complexity index is 934. The summed E-state index contributed by atoms with van der Waals surface area (Å²) in [7, 11) is 0. The highest BCUT2D eigenvalue weighted by Crippen LogP contribution is 2.33. The molecule has 1 aliphatic rings. The molecule has 2 aromatic carbocycles. The minimum Gasteiger partial charge on any atom is -0.364 e. The fraction of sp³-hybridized carbons (Fsp3) is 0.318. The second kappa shape index (κ2) is 7.64. The lowest BCUT2D eigenvalue weighted by molar-refractivity contribution is -0.0420. The maximum atomic E-state index is 9.77. The predicted octanol–water partition coefficient (Wildman–Crippen LogP) is 3.03. The lowest BCUT2D eigenvalue weighted by atomic mass is 10.0. The highest BCUT2D eigenvalue weighted by molar-refractivity contribution is 5.95. The van der Waals surface area contributed by atoms with Gasteiger partial charge in [0.1, 0.15) is 5.82 Å². The highest BCUT2D eigenvalue weighted by Gasteiger charge is 2.20. The molecule has 140 valence electrons. The third kappa shape index (κ3) is 3.54. The predicted molar refractivity (Wildman–Crippen MR) is 109 cm³/mol. The number of hydrogen-bond acceptors (Lipinski definition) is 5. The first-order valence-corrected chi connectivity index (χ1v) is 9.50. The molecule has 0 radical (unpaired) electrons. The van der Waals surface area contributed by atoms with Crippen molar-refractivity contribution in [2.75, 3.05) is 37.6 Å². The van der Waals surface area contributed by atoms with Gasteiger partial charge in [-0.15, -0.1) is 0 Å². The molecule has 0 atom stereocenters. The van der Waals surface area contributed by atoms with Crippen molar-refractivity contribution in [1.29, 1.82) is 0 Å². The van der Waals surface area contributed by atoms with Gasteiger partial charge < -0.3 is 20.0 Å². The fourth-order valence-electron chi connectivity index (χ4n) is 3.79. The lowest BCUT2D eigenvalue weighted by Gasteiger charge is -2.35. The average molecular weight is 363 g/mol. The molecule has 0 spiro atoms. The Morgan fingerprint density at radius 2 is 1.67 bits per heavy atom. The first kappa shape index (κ1) is 17.9. The van der Waals surface area contributed by atoms with E-state index < -0.39 is 6.29 Å². The molecule has 1 saturated heterocycles. The number of aliphatic hydroxyl groups is 2. The monoisotopic (exact) mass is 363 g/mol. The summed E-state index contributed by atoms with van der Waals surface area (Å²) in [4.78, 5) is 9.76. The van der Waals surface area contributed by atoms with Crippen LogP contribution >= 0.6 is 0 Å². The van der Waals surface area contributed by atoms with Gasteiger partial charge in [-0.3, -0.25) is 0 Å². The van der Waals surface area contributed by atoms with E-state index in [2.05, 4.69) is 28.9 Å². The van der Waals surface area contributed by atoms with Crippen LogP contribution in [0, 0.1) is 0 Å². The van der Waals surface area contributed by atoms with Crippen LogP contribution < -0.4 is 4.90 Å². The number of anilines is 1. The molecule has 0 bridgehead atoms. The minimum atomic E-state index is -1.52. The van der Waals surface area contributed by atoms with Crippen molar-refractivity contribution in [1.82, 2.24) is 9.88 Å². The highest BCUT2D eigenvalue weighted by atomic mass is 16.5. The Hall–Kier alpha value is -2.47. The van der Waals surface area contributed by atoms with Crippen LogP contribution in [0.3, 0.4) is 0 Å². The molecule has 1 aliphatic heterocycles. The van der Waals surface area contributed by atoms with Crippen LogP contribution in [0.4, 0.5) is 5.82 Å². The Labute approximate surface area is 159 Å². The summed E-state index contributed by atoms with van der Waals surface area (Å²) in [6.07, 6.45) is -1.52. The number of pyridine rings is 1. The fourth-order valence-corrected chi connectivity index (χ4v) is 3.79. The smallest absolute Gasteiger partial charge is 0.179 e. The van der Waals surface area contributed by atoms with Gasteiger partial charge in [0, 0.05) is 42.7 Å². The summed E-state index contributed by atoms with van der Waals surface area (Å²) >= 11 is 0. The third-order valence-corrected chi connectivity index (χ3v) is 5.35. The summed E-state index contributed by atoms with van der Waals surface area (Å²) < 4.78 is 0. The molecule has 3 aromatic rings. The van der Waals surface area contributed by atoms with Gasteiger partial charge in [-0.05, 0) is 18.0 Å². The quantitative estimate of drug-likeness (QED) is 0.698. The van der Waals surface area contributed by atoms with Crippen LogP contribution in [0.25, 0.3) is 22.0 Å². The number of aliphatic hydroxyl groups excluding tert-OH is 1. The van der Waals surface area contributed by atoms with Crippen LogP contribution in [0.2, 0.25) is 0 Å². The van der Waals surface area contributed by atoms with Gasteiger partial charge in [-0.25, -0.2) is 4.98 Å². The first-order chi connectivity index (χ1) is 13.2. The molecule has 1 aromatic heterocycles. The average Bonchev–Trinajstić information content (AvgIpc) is 2.73. The normalized spacial score (nSPS) is 15.6. The molecule has 27 heavy (non-hydrogen) atoms. The van der Waals surface area contributed by atoms with Crippen LogP contribution in [0.15, 0.2) is 54.6 Å². The largest absolute Gasteiger partial charge is 0.364 e. The SMILES string of the molecule is CCN1CCN(c2nc(-c3ccccc3C(O)O)cc3ccccc23)CC1. The Morgan fingerprint density at radius 3 is 2.41 bits per heavy atom. The van der Waals surface area contributed by atoms with Crippen molar-refractivity contribution in [3.05, 3.63) is 60.2 Å². The molecular formula is C22H25N3O2. The van der Waals surface area contributed by atoms with E-state index in [4.69, 9.17) is 4.98 Å². The van der Waals surface area contributed by atoms with Crippen LogP contribution in [-0.4, -0.2) is 52.8 Å². The second-order valence-corrected chi connectivity index (χ2v) is 6.93. The number of hydrogen-bond donors (Lipinski definition) is 2. The lowest BCUT2D eigenvalue weighted by Crippen LogP contribution is -2.46. The molecule has 0 aliphatic carbocycles. The van der Waals surface area contributed by atoms with E-state index in [1.807, 2.05) is 36.4 Å². The molecule has 2 heterocycles. The molecule has 5 nitrogen and oxygen atoms in total. The van der Waals surface area contributed by atoms with Crippen molar-refractivity contribution in [2.45, 2.75) is 13.2 Å². The number of rotatable bonds is 4. The van der Waals surface area contributed by atoms with Crippen LogP contribution in [0.1, 0.15) is 18.8 Å². The summed E-state index contributed by atoms with van der Waals surface area (Å²) in [6, 6.07) is 17.6. The Morgan fingerprint density at radius 1 is 0.963 bits per heavy atom. The van der Waals surface area contributed by atoms with Crippen molar-refractivity contribution in [3.8, 4) is 11.3 Å². The van der Waals surface area contributed by atoms with Gasteiger partial charge in [-0.1, -0.05) is 55.5 Å². The molecule has 0 unspecified atom stereocenters. The molecule has 5 heteroatoms. The second-order valence-electron chi connectivity index (χ2n) is 6.93. The van der Waals surface area contributed by atoms with E-state index in [1.54, 1.807) is 6.07 Å². The van der Waals surface area contributed by atoms with Gasteiger partial charge in [0.25, 0.3) is 0 Å². The topological polar surface area (TPSA) is 59.8 Å². The van der Waals surface area contributed by atoms with Gasteiger partial charge in [0.15, 0.2) is 6.29 Å². The third-order valence-electron chi connectivity index (χ3n) is 5.35. The Balaban J connectivity index is 1.83. The number of aromatic nitrogens is 1. The maximum absolute atomic E-state index is 9.77. The molecule has 0 saturated carbocycles. The molecule has 1 fully saturated rings. The summed E-state index contributed by atoms with van der Waals surface area (Å²) in [5, 5.41) is 21.8. The molecule has 2 N–H and O–H groups in total. The molecule has 0 amide bonds. The van der Waals surface area contributed by atoms with E-state index in [1.165, 1.54) is 0 Å². The maximum Gasteiger partial charge on any atom is 0.179 e. The number of piperazine rings is 1. The van der Waals surface area contributed by atoms with Crippen LogP contribution in [0.5, 0.6) is 0 Å². The van der Waals surface area contributed by atoms with Crippen molar-refractivity contribution in [2.24, 2.45) is 0 Å². The molecular weight excluding hydrogens is 338 g/mol. The van der Waals surface area contributed by atoms with Crippen molar-refractivity contribution < 1.29 is 10.2 Å². The van der Waals surface area contributed by atoms with E-state index >= 15 is 0 Å². The van der Waals surface area contributed by atoms with Crippen LogP contribution in [-0.2, 0) is 0 Å². The number of benzene rings is 2. The zero-order valence-corrected chi connectivity index (χ0v) is 15.5. The Kier molecular flexibility index (Phi) is 5.07. The zero-order valence-electron chi connectivity index (χ0n) is 15.5. The van der Waals surface area contributed by atoms with Crippen molar-refractivity contribution in [3.63, 3.8) is 0 Å². The minimum absolute atomic E-state index is 0.474. The number of nitrogens with zero attached hydrogens (tertiary/aromatic N) is 3. The van der Waals surface area contributed by atoms with E-state index in [0.29, 0.717) is 5.56 Å². The van der Waals surface area contributed by atoms with Crippen molar-refractivity contribution >= 4 is 16.6 Å². The summed E-state index contributed by atoms with van der Waals surface area (Å²) in [6.45, 7) is 7.22. The van der Waals surface area contributed by atoms with Gasteiger partial charge in [-0.2, -0.15) is 0 Å². The first-order valence-electron chi connectivity index (χ1n) is 9.50. The van der Waals surface area contributed by atoms with E-state index in [0.717, 1.165) is 60.6 Å². The summed E-state index contributed by atoms with van der Waals surface area (Å²) in [5.41, 5.74) is 2.00. The number of likely N-dealkylation sites (N-methyl/N-ethyl adjacent to an activating group) is 1. The zero-order chi connectivity index (χ0) is 18.8.